The second-order valence-electron chi connectivity index (χ2n) is 6.64. The largest absolute Gasteiger partial charge is 0.459 e. The molecule has 0 spiro atoms. The third-order valence-electron chi connectivity index (χ3n) is 4.34. The number of anilines is 1. The first-order valence-electron chi connectivity index (χ1n) is 9.91. The van der Waals surface area contributed by atoms with Gasteiger partial charge < -0.3 is 20.4 Å². The van der Waals surface area contributed by atoms with Gasteiger partial charge in [0.2, 0.25) is 0 Å². The minimum atomic E-state index is -0.280. The van der Waals surface area contributed by atoms with Gasteiger partial charge in [-0.05, 0) is 66.3 Å². The molecule has 1 amide bonds. The molecule has 8 heteroatoms. The minimum absolute atomic E-state index is 0.214. The van der Waals surface area contributed by atoms with Crippen molar-refractivity contribution >= 4 is 29.3 Å². The topological polar surface area (TPSA) is 78.7 Å². The standard InChI is InChI=1S/C23H25FN4O2S/c1-25-23(26-13-3-15-31-20-11-7-18(24)8-12-20)27-16-17-5-9-19(10-6-17)28-22(29)21-4-2-14-30-21/h2,4-12,14H,3,13,15-16H2,1H3,(H,28,29)(H2,25,26,27). The number of benzene rings is 2. The summed E-state index contributed by atoms with van der Waals surface area (Å²) in [6.07, 6.45) is 2.42. The average Bonchev–Trinajstić information content (AvgIpc) is 3.33. The molecule has 3 rings (SSSR count). The van der Waals surface area contributed by atoms with E-state index in [1.165, 1.54) is 18.4 Å². The summed E-state index contributed by atoms with van der Waals surface area (Å²) in [5, 5.41) is 9.35. The summed E-state index contributed by atoms with van der Waals surface area (Å²) in [4.78, 5) is 17.3. The molecular formula is C23H25FN4O2S. The number of nitrogens with zero attached hydrogens (tertiary/aromatic N) is 1. The Bertz CT molecular complexity index is 974. The van der Waals surface area contributed by atoms with Gasteiger partial charge in [-0.3, -0.25) is 9.79 Å². The Labute approximate surface area is 185 Å². The van der Waals surface area contributed by atoms with Crippen molar-refractivity contribution < 1.29 is 13.6 Å². The van der Waals surface area contributed by atoms with Crippen molar-refractivity contribution in [3.63, 3.8) is 0 Å². The predicted octanol–water partition coefficient (Wildman–Crippen LogP) is 4.52. The Balaban J connectivity index is 1.35. The zero-order valence-corrected chi connectivity index (χ0v) is 18.0. The number of guanidine groups is 1. The van der Waals surface area contributed by atoms with E-state index in [-0.39, 0.29) is 17.5 Å². The fourth-order valence-electron chi connectivity index (χ4n) is 2.71. The van der Waals surface area contributed by atoms with Crippen LogP contribution in [0.15, 0.2) is 81.2 Å². The van der Waals surface area contributed by atoms with E-state index in [1.807, 2.05) is 24.3 Å². The number of furan rings is 1. The molecule has 0 atom stereocenters. The quantitative estimate of drug-likeness (QED) is 0.197. The molecule has 162 valence electrons. The van der Waals surface area contributed by atoms with Crippen LogP contribution < -0.4 is 16.0 Å². The molecule has 0 saturated carbocycles. The van der Waals surface area contributed by atoms with Crippen LogP contribution in [0.2, 0.25) is 0 Å². The van der Waals surface area contributed by atoms with Gasteiger partial charge in [0.05, 0.1) is 6.26 Å². The molecule has 3 N–H and O–H groups in total. The van der Waals surface area contributed by atoms with Crippen molar-refractivity contribution in [1.82, 2.24) is 10.6 Å². The number of hydrogen-bond donors (Lipinski definition) is 3. The molecule has 0 fully saturated rings. The van der Waals surface area contributed by atoms with Crippen molar-refractivity contribution in [3.8, 4) is 0 Å². The Kier molecular flexibility index (Phi) is 8.54. The minimum Gasteiger partial charge on any atom is -0.459 e. The van der Waals surface area contributed by atoms with E-state index in [0.717, 1.165) is 35.1 Å². The molecule has 0 aliphatic rings. The number of carbonyl (C=O) groups excluding carboxylic acids is 1. The number of hydrogen-bond acceptors (Lipinski definition) is 4. The van der Waals surface area contributed by atoms with Gasteiger partial charge in [-0.25, -0.2) is 4.39 Å². The van der Waals surface area contributed by atoms with Gasteiger partial charge in [0.25, 0.3) is 5.91 Å². The highest BCUT2D eigenvalue weighted by atomic mass is 32.2. The zero-order chi connectivity index (χ0) is 21.9. The summed E-state index contributed by atoms with van der Waals surface area (Å²) in [6.45, 7) is 1.39. The average molecular weight is 441 g/mol. The lowest BCUT2D eigenvalue weighted by Crippen LogP contribution is -2.37. The third-order valence-corrected chi connectivity index (χ3v) is 5.43. The van der Waals surface area contributed by atoms with Gasteiger partial charge in [0.1, 0.15) is 5.82 Å². The van der Waals surface area contributed by atoms with Gasteiger partial charge in [-0.2, -0.15) is 0 Å². The van der Waals surface area contributed by atoms with Gasteiger partial charge >= 0.3 is 0 Å². The van der Waals surface area contributed by atoms with Crippen molar-refractivity contribution in [2.24, 2.45) is 4.99 Å². The second kappa shape index (κ2) is 11.8. The molecule has 0 aliphatic carbocycles. The van der Waals surface area contributed by atoms with E-state index >= 15 is 0 Å². The summed E-state index contributed by atoms with van der Waals surface area (Å²) < 4.78 is 18.0. The SMILES string of the molecule is CN=C(NCCCSc1ccc(F)cc1)NCc1ccc(NC(=O)c2ccco2)cc1. The predicted molar refractivity (Wildman–Crippen MR) is 123 cm³/mol. The zero-order valence-electron chi connectivity index (χ0n) is 17.2. The molecule has 0 aliphatic heterocycles. The molecule has 0 radical (unpaired) electrons. The number of halogens is 1. The highest BCUT2D eigenvalue weighted by molar-refractivity contribution is 7.99. The number of thioether (sulfide) groups is 1. The third kappa shape index (κ3) is 7.49. The maximum absolute atomic E-state index is 12.9. The van der Waals surface area contributed by atoms with Crippen LogP contribution >= 0.6 is 11.8 Å². The molecule has 0 bridgehead atoms. The van der Waals surface area contributed by atoms with Crippen LogP contribution in [0, 0.1) is 5.82 Å². The normalized spacial score (nSPS) is 11.2. The Morgan fingerprint density at radius 3 is 2.52 bits per heavy atom. The number of amides is 1. The Hall–Kier alpha value is -3.26. The molecule has 2 aromatic carbocycles. The fraction of sp³-hybridized carbons (Fsp3) is 0.217. The van der Waals surface area contributed by atoms with Crippen molar-refractivity contribution in [2.75, 3.05) is 24.7 Å². The first-order valence-corrected chi connectivity index (χ1v) is 10.9. The van der Waals surface area contributed by atoms with E-state index in [1.54, 1.807) is 43.1 Å². The molecule has 6 nitrogen and oxygen atoms in total. The smallest absolute Gasteiger partial charge is 0.291 e. The first kappa shape index (κ1) is 22.4. The molecule has 1 aromatic heterocycles. The maximum Gasteiger partial charge on any atom is 0.291 e. The van der Waals surface area contributed by atoms with Gasteiger partial charge in [0.15, 0.2) is 11.7 Å². The van der Waals surface area contributed by atoms with Crippen molar-refractivity contribution in [2.45, 2.75) is 17.9 Å². The fourth-order valence-corrected chi connectivity index (χ4v) is 3.57. The highest BCUT2D eigenvalue weighted by Crippen LogP contribution is 2.18. The van der Waals surface area contributed by atoms with E-state index in [4.69, 9.17) is 4.42 Å². The Morgan fingerprint density at radius 1 is 1.06 bits per heavy atom. The second-order valence-corrected chi connectivity index (χ2v) is 7.81. The van der Waals surface area contributed by atoms with Crippen LogP contribution in [-0.4, -0.2) is 31.2 Å². The monoisotopic (exact) mass is 440 g/mol. The first-order chi connectivity index (χ1) is 15.1. The van der Waals surface area contributed by atoms with E-state index in [9.17, 15) is 9.18 Å². The molecular weight excluding hydrogens is 415 g/mol. The van der Waals surface area contributed by atoms with Crippen LogP contribution in [0.5, 0.6) is 0 Å². The number of nitrogens with one attached hydrogen (secondary N) is 3. The highest BCUT2D eigenvalue weighted by Gasteiger charge is 2.08. The van der Waals surface area contributed by atoms with E-state index in [0.29, 0.717) is 12.2 Å². The van der Waals surface area contributed by atoms with Crippen LogP contribution in [0.1, 0.15) is 22.5 Å². The van der Waals surface area contributed by atoms with Crippen LogP contribution in [0.25, 0.3) is 0 Å². The summed E-state index contributed by atoms with van der Waals surface area (Å²) in [7, 11) is 1.73. The lowest BCUT2D eigenvalue weighted by molar-refractivity contribution is 0.0996. The summed E-state index contributed by atoms with van der Waals surface area (Å²) in [5.41, 5.74) is 1.76. The van der Waals surface area contributed by atoms with Crippen LogP contribution in [0.3, 0.4) is 0 Å². The van der Waals surface area contributed by atoms with Crippen molar-refractivity contribution in [3.05, 3.63) is 84.1 Å². The number of rotatable bonds is 9. The van der Waals surface area contributed by atoms with Gasteiger partial charge in [0, 0.05) is 30.7 Å². The summed E-state index contributed by atoms with van der Waals surface area (Å²) >= 11 is 1.70. The van der Waals surface area contributed by atoms with Crippen LogP contribution in [0.4, 0.5) is 10.1 Å². The molecule has 3 aromatic rings. The lowest BCUT2D eigenvalue weighted by Gasteiger charge is -2.12. The summed E-state index contributed by atoms with van der Waals surface area (Å²) in [5.74, 6) is 1.44. The van der Waals surface area contributed by atoms with Crippen molar-refractivity contribution in [1.29, 1.82) is 0 Å². The molecule has 31 heavy (non-hydrogen) atoms. The van der Waals surface area contributed by atoms with Gasteiger partial charge in [-0.15, -0.1) is 11.8 Å². The molecule has 0 unspecified atom stereocenters. The molecule has 0 saturated heterocycles. The Morgan fingerprint density at radius 2 is 1.84 bits per heavy atom. The van der Waals surface area contributed by atoms with Crippen LogP contribution in [-0.2, 0) is 6.54 Å². The van der Waals surface area contributed by atoms with Gasteiger partial charge in [-0.1, -0.05) is 12.1 Å². The van der Waals surface area contributed by atoms with E-state index < -0.39 is 0 Å². The summed E-state index contributed by atoms with van der Waals surface area (Å²) in [6, 6.07) is 17.4. The number of aliphatic imine (C=N–C) groups is 1. The lowest BCUT2D eigenvalue weighted by atomic mass is 10.2. The maximum atomic E-state index is 12.9. The molecule has 1 heterocycles. The number of carbonyl (C=O) groups is 1. The van der Waals surface area contributed by atoms with E-state index in [2.05, 4.69) is 20.9 Å².